The fraction of sp³-hybridized carbons (Fsp3) is 0.118. The number of carbonyl (C=O) groups is 2. The van der Waals surface area contributed by atoms with E-state index < -0.39 is 0 Å². The van der Waals surface area contributed by atoms with Crippen LogP contribution in [0, 0.1) is 0 Å². The standard InChI is InChI=1S/C17H16N2O2/c1-14(21)19(12-16-9-5-6-10-18-16)17(13-20)11-15-7-3-2-4-8-15/h2-11,13H,12H2,1H3. The van der Waals surface area contributed by atoms with Crippen LogP contribution < -0.4 is 0 Å². The molecule has 0 unspecified atom stereocenters. The van der Waals surface area contributed by atoms with Crippen molar-refractivity contribution in [2.45, 2.75) is 13.5 Å². The van der Waals surface area contributed by atoms with E-state index in [2.05, 4.69) is 4.98 Å². The minimum atomic E-state index is -0.199. The molecule has 106 valence electrons. The van der Waals surface area contributed by atoms with Gasteiger partial charge in [0.2, 0.25) is 5.91 Å². The summed E-state index contributed by atoms with van der Waals surface area (Å²) in [4.78, 5) is 28.8. The highest BCUT2D eigenvalue weighted by Crippen LogP contribution is 2.13. The number of carbonyl (C=O) groups excluding carboxylic acids is 2. The molecule has 0 saturated heterocycles. The molecule has 1 amide bonds. The predicted molar refractivity (Wildman–Crippen MR) is 80.9 cm³/mol. The van der Waals surface area contributed by atoms with E-state index in [1.54, 1.807) is 12.3 Å². The molecule has 0 radical (unpaired) electrons. The van der Waals surface area contributed by atoms with Gasteiger partial charge in [-0.15, -0.1) is 0 Å². The van der Waals surface area contributed by atoms with E-state index in [0.717, 1.165) is 11.3 Å². The van der Waals surface area contributed by atoms with Crippen LogP contribution in [0.25, 0.3) is 6.08 Å². The van der Waals surface area contributed by atoms with Crippen LogP contribution in [0.3, 0.4) is 0 Å². The van der Waals surface area contributed by atoms with Gasteiger partial charge in [-0.1, -0.05) is 36.4 Å². The topological polar surface area (TPSA) is 50.3 Å². The van der Waals surface area contributed by atoms with Gasteiger partial charge >= 0.3 is 0 Å². The number of allylic oxidation sites excluding steroid dienone is 1. The highest BCUT2D eigenvalue weighted by Gasteiger charge is 2.15. The molecule has 0 saturated carbocycles. The van der Waals surface area contributed by atoms with Crippen molar-refractivity contribution in [2.24, 2.45) is 0 Å². The Morgan fingerprint density at radius 3 is 2.43 bits per heavy atom. The van der Waals surface area contributed by atoms with Crippen molar-refractivity contribution in [1.82, 2.24) is 9.88 Å². The van der Waals surface area contributed by atoms with Gasteiger partial charge in [0.1, 0.15) is 0 Å². The van der Waals surface area contributed by atoms with Gasteiger partial charge in [-0.2, -0.15) is 0 Å². The van der Waals surface area contributed by atoms with Crippen LogP contribution in [0.4, 0.5) is 0 Å². The van der Waals surface area contributed by atoms with Crippen LogP contribution in [-0.2, 0) is 16.1 Å². The first kappa shape index (κ1) is 14.7. The Morgan fingerprint density at radius 1 is 1.14 bits per heavy atom. The fourth-order valence-corrected chi connectivity index (χ4v) is 1.93. The van der Waals surface area contributed by atoms with Gasteiger partial charge in [0, 0.05) is 13.1 Å². The largest absolute Gasteiger partial charge is 0.304 e. The highest BCUT2D eigenvalue weighted by atomic mass is 16.2. The molecule has 0 aliphatic heterocycles. The molecular weight excluding hydrogens is 264 g/mol. The zero-order chi connectivity index (χ0) is 15.1. The lowest BCUT2D eigenvalue weighted by Gasteiger charge is -2.20. The Morgan fingerprint density at radius 2 is 1.86 bits per heavy atom. The molecule has 0 aliphatic rings. The fourth-order valence-electron chi connectivity index (χ4n) is 1.93. The number of rotatable bonds is 5. The van der Waals surface area contributed by atoms with Crippen LogP contribution in [0.15, 0.2) is 60.4 Å². The number of aldehydes is 1. The summed E-state index contributed by atoms with van der Waals surface area (Å²) in [6.45, 7) is 1.71. The highest BCUT2D eigenvalue weighted by molar-refractivity contribution is 5.89. The zero-order valence-electron chi connectivity index (χ0n) is 11.8. The number of hydrogen-bond acceptors (Lipinski definition) is 3. The molecule has 1 heterocycles. The van der Waals surface area contributed by atoms with E-state index in [9.17, 15) is 9.59 Å². The van der Waals surface area contributed by atoms with E-state index in [4.69, 9.17) is 0 Å². The second kappa shape index (κ2) is 7.14. The summed E-state index contributed by atoms with van der Waals surface area (Å²) in [6, 6.07) is 14.9. The van der Waals surface area contributed by atoms with Crippen molar-refractivity contribution in [3.8, 4) is 0 Å². The first-order chi connectivity index (χ1) is 10.2. The minimum Gasteiger partial charge on any atom is -0.304 e. The van der Waals surface area contributed by atoms with Crippen LogP contribution in [-0.4, -0.2) is 22.1 Å². The SMILES string of the molecule is CC(=O)N(Cc1ccccn1)C(C=O)=Cc1ccccc1. The summed E-state index contributed by atoms with van der Waals surface area (Å²) in [5.74, 6) is -0.199. The summed E-state index contributed by atoms with van der Waals surface area (Å²) < 4.78 is 0. The maximum absolute atomic E-state index is 11.8. The minimum absolute atomic E-state index is 0.199. The van der Waals surface area contributed by atoms with Crippen molar-refractivity contribution in [2.75, 3.05) is 0 Å². The van der Waals surface area contributed by atoms with Gasteiger partial charge in [0.25, 0.3) is 0 Å². The number of nitrogens with zero attached hydrogens (tertiary/aromatic N) is 2. The van der Waals surface area contributed by atoms with Gasteiger partial charge in [0.05, 0.1) is 17.9 Å². The van der Waals surface area contributed by atoms with E-state index in [-0.39, 0.29) is 12.5 Å². The number of pyridine rings is 1. The maximum atomic E-state index is 11.8. The van der Waals surface area contributed by atoms with Crippen LogP contribution in [0.2, 0.25) is 0 Å². The smallest absolute Gasteiger partial charge is 0.224 e. The molecule has 21 heavy (non-hydrogen) atoms. The average molecular weight is 280 g/mol. The molecule has 0 atom stereocenters. The molecule has 0 bridgehead atoms. The van der Waals surface area contributed by atoms with Crippen molar-refractivity contribution in [3.63, 3.8) is 0 Å². The van der Waals surface area contributed by atoms with Gasteiger partial charge in [0.15, 0.2) is 6.29 Å². The monoisotopic (exact) mass is 280 g/mol. The molecule has 0 fully saturated rings. The molecular formula is C17H16N2O2. The van der Waals surface area contributed by atoms with Gasteiger partial charge < -0.3 is 4.90 Å². The Bertz CT molecular complexity index is 636. The third kappa shape index (κ3) is 4.11. The average Bonchev–Trinajstić information content (AvgIpc) is 2.52. The molecule has 2 rings (SSSR count). The molecule has 1 aromatic carbocycles. The first-order valence-corrected chi connectivity index (χ1v) is 6.60. The second-order valence-electron chi connectivity index (χ2n) is 4.52. The summed E-state index contributed by atoms with van der Waals surface area (Å²) in [7, 11) is 0. The lowest BCUT2D eigenvalue weighted by Crippen LogP contribution is -2.28. The van der Waals surface area contributed by atoms with E-state index >= 15 is 0 Å². The third-order valence-electron chi connectivity index (χ3n) is 2.97. The van der Waals surface area contributed by atoms with Crippen LogP contribution in [0.1, 0.15) is 18.2 Å². The number of benzene rings is 1. The Kier molecular flexibility index (Phi) is 4.99. The van der Waals surface area contributed by atoms with Gasteiger partial charge in [-0.25, -0.2) is 0 Å². The maximum Gasteiger partial charge on any atom is 0.224 e. The first-order valence-electron chi connectivity index (χ1n) is 6.60. The van der Waals surface area contributed by atoms with E-state index in [0.29, 0.717) is 12.0 Å². The molecule has 0 N–H and O–H groups in total. The van der Waals surface area contributed by atoms with Crippen molar-refractivity contribution < 1.29 is 9.59 Å². The van der Waals surface area contributed by atoms with Gasteiger partial charge in [-0.3, -0.25) is 14.6 Å². The molecule has 1 aromatic heterocycles. The van der Waals surface area contributed by atoms with Gasteiger partial charge in [-0.05, 0) is 23.8 Å². The van der Waals surface area contributed by atoms with Crippen molar-refractivity contribution in [3.05, 3.63) is 71.7 Å². The molecule has 4 nitrogen and oxygen atoms in total. The molecule has 0 aliphatic carbocycles. The lowest BCUT2D eigenvalue weighted by atomic mass is 10.2. The zero-order valence-corrected chi connectivity index (χ0v) is 11.8. The second-order valence-corrected chi connectivity index (χ2v) is 4.52. The Hall–Kier alpha value is -2.75. The Balaban J connectivity index is 2.29. The summed E-state index contributed by atoms with van der Waals surface area (Å²) in [6.07, 6.45) is 4.05. The molecule has 0 spiro atoms. The third-order valence-corrected chi connectivity index (χ3v) is 2.97. The van der Waals surface area contributed by atoms with E-state index in [1.165, 1.54) is 11.8 Å². The normalized spacial score (nSPS) is 11.0. The van der Waals surface area contributed by atoms with E-state index in [1.807, 2.05) is 48.5 Å². The number of aromatic nitrogens is 1. The summed E-state index contributed by atoms with van der Waals surface area (Å²) in [5.41, 5.74) is 1.92. The van der Waals surface area contributed by atoms with Crippen LogP contribution in [0.5, 0.6) is 0 Å². The molecule has 2 aromatic rings. The number of hydrogen-bond donors (Lipinski definition) is 0. The van der Waals surface area contributed by atoms with Crippen LogP contribution >= 0.6 is 0 Å². The lowest BCUT2D eigenvalue weighted by molar-refractivity contribution is -0.128. The quantitative estimate of drug-likeness (QED) is 0.625. The number of amides is 1. The predicted octanol–water partition coefficient (Wildman–Crippen LogP) is 2.67. The van der Waals surface area contributed by atoms with Crippen molar-refractivity contribution >= 4 is 18.3 Å². The summed E-state index contributed by atoms with van der Waals surface area (Å²) in [5, 5.41) is 0. The Labute approximate surface area is 123 Å². The van der Waals surface area contributed by atoms with Crippen molar-refractivity contribution in [1.29, 1.82) is 0 Å². The summed E-state index contributed by atoms with van der Waals surface area (Å²) >= 11 is 0. The molecule has 4 heteroatoms.